The lowest BCUT2D eigenvalue weighted by Gasteiger charge is -2.48. The number of aliphatic hydroxyl groups excluding tert-OH is 2. The lowest BCUT2D eigenvalue weighted by atomic mass is 9.57. The minimum atomic E-state index is -0.929. The maximum Gasteiger partial charge on any atom is 0.335 e. The highest BCUT2D eigenvalue weighted by molar-refractivity contribution is 9.11. The zero-order chi connectivity index (χ0) is 27.5. The van der Waals surface area contributed by atoms with E-state index in [1.807, 2.05) is 39.0 Å². The number of carbonyl (C=O) groups excluding carboxylic acids is 2. The SMILES string of the molecule is CO[C@H]1C[C@H]2C=C[C@H]3[C@H]4O[C@]2(/C(C)=C/[C@@H](C)[C@@H]([C@@H](C)O)OC1=O)[C@@H]3[C@H](O)[C@@H](C)[C@H]4OC(=O)C1=CC(Br)=CC1. The topological polar surface area (TPSA) is 112 Å². The second-order valence-corrected chi connectivity index (χ2v) is 12.4. The van der Waals surface area contributed by atoms with Crippen LogP contribution in [0, 0.1) is 29.6 Å². The molecule has 1 spiro atoms. The van der Waals surface area contributed by atoms with Gasteiger partial charge >= 0.3 is 11.9 Å². The molecule has 38 heavy (non-hydrogen) atoms. The highest BCUT2D eigenvalue weighted by Gasteiger charge is 2.69. The summed E-state index contributed by atoms with van der Waals surface area (Å²) in [5.41, 5.74) is 0.532. The van der Waals surface area contributed by atoms with Crippen molar-refractivity contribution >= 4 is 27.9 Å². The molecule has 1 saturated heterocycles. The number of aliphatic hydroxyl groups is 2. The van der Waals surface area contributed by atoms with Gasteiger partial charge in [-0.2, -0.15) is 0 Å². The quantitative estimate of drug-likeness (QED) is 0.377. The molecule has 2 fully saturated rings. The summed E-state index contributed by atoms with van der Waals surface area (Å²) >= 11 is 3.40. The van der Waals surface area contributed by atoms with E-state index < -0.39 is 54.2 Å². The number of methoxy groups -OCH3 is 1. The Bertz CT molecular complexity index is 1110. The molecular weight excluding hydrogens is 556 g/mol. The van der Waals surface area contributed by atoms with E-state index in [0.717, 1.165) is 10.1 Å². The number of hydrogen-bond donors (Lipinski definition) is 2. The minimum Gasteiger partial charge on any atom is -0.457 e. The molecular formula is C29H37BrO8. The molecule has 0 aromatic heterocycles. The maximum absolute atomic E-state index is 13.1. The van der Waals surface area contributed by atoms with Crippen LogP contribution in [0.5, 0.6) is 0 Å². The van der Waals surface area contributed by atoms with Gasteiger partial charge in [-0.3, -0.25) is 0 Å². The number of allylic oxidation sites excluding steroid dienone is 3. The number of esters is 2. The zero-order valence-electron chi connectivity index (χ0n) is 22.4. The van der Waals surface area contributed by atoms with Crippen LogP contribution in [0.4, 0.5) is 0 Å². The first-order valence-electron chi connectivity index (χ1n) is 13.4. The maximum atomic E-state index is 13.1. The molecule has 208 valence electrons. The summed E-state index contributed by atoms with van der Waals surface area (Å²) in [5, 5.41) is 22.2. The highest BCUT2D eigenvalue weighted by atomic mass is 79.9. The molecule has 0 unspecified atom stereocenters. The number of cyclic esters (lactones) is 1. The second kappa shape index (κ2) is 10.3. The average molecular weight is 594 g/mol. The van der Waals surface area contributed by atoms with E-state index in [1.165, 1.54) is 7.11 Å². The van der Waals surface area contributed by atoms with Gasteiger partial charge in [0.2, 0.25) is 0 Å². The molecule has 2 aliphatic heterocycles. The predicted molar refractivity (Wildman–Crippen MR) is 142 cm³/mol. The van der Waals surface area contributed by atoms with Gasteiger partial charge in [-0.05, 0) is 38.3 Å². The Kier molecular flexibility index (Phi) is 7.54. The van der Waals surface area contributed by atoms with Crippen LogP contribution in [0.2, 0.25) is 0 Å². The molecule has 0 aromatic carbocycles. The number of carbonyl (C=O) groups is 2. The number of rotatable bonds is 4. The van der Waals surface area contributed by atoms with E-state index in [2.05, 4.69) is 22.0 Å². The molecule has 0 radical (unpaired) electrons. The molecule has 0 aromatic rings. The lowest BCUT2D eigenvalue weighted by molar-refractivity contribution is -0.173. The number of hydrogen-bond acceptors (Lipinski definition) is 8. The van der Waals surface area contributed by atoms with Gasteiger partial charge in [0.15, 0.2) is 6.10 Å². The predicted octanol–water partition coefficient (Wildman–Crippen LogP) is 3.37. The molecule has 9 heteroatoms. The van der Waals surface area contributed by atoms with Crippen LogP contribution in [0.1, 0.15) is 40.5 Å². The normalized spacial score (nSPS) is 46.2. The first-order chi connectivity index (χ1) is 18.0. The summed E-state index contributed by atoms with van der Waals surface area (Å²) in [6, 6.07) is 0. The summed E-state index contributed by atoms with van der Waals surface area (Å²) in [6.07, 6.45) is 6.11. The molecule has 5 rings (SSSR count). The van der Waals surface area contributed by atoms with Crippen LogP contribution in [0.25, 0.3) is 0 Å². The van der Waals surface area contributed by atoms with Crippen LogP contribution >= 0.6 is 15.9 Å². The molecule has 5 aliphatic rings. The summed E-state index contributed by atoms with van der Waals surface area (Å²) in [6.45, 7) is 7.38. The molecule has 12 atom stereocenters. The highest BCUT2D eigenvalue weighted by Crippen LogP contribution is 2.61. The Morgan fingerprint density at radius 1 is 1.29 bits per heavy atom. The number of ether oxygens (including phenoxy) is 4. The van der Waals surface area contributed by atoms with Gasteiger partial charge in [-0.15, -0.1) is 0 Å². The minimum absolute atomic E-state index is 0.167. The lowest BCUT2D eigenvalue weighted by Crippen LogP contribution is -2.57. The Labute approximate surface area is 231 Å². The van der Waals surface area contributed by atoms with Crippen molar-refractivity contribution in [3.63, 3.8) is 0 Å². The van der Waals surface area contributed by atoms with Crippen molar-refractivity contribution < 1.29 is 38.7 Å². The Balaban J connectivity index is 1.55. The summed E-state index contributed by atoms with van der Waals surface area (Å²) in [7, 11) is 1.47. The fourth-order valence-corrected chi connectivity index (χ4v) is 7.77. The molecule has 8 nitrogen and oxygen atoms in total. The van der Waals surface area contributed by atoms with Crippen LogP contribution in [0.3, 0.4) is 0 Å². The fraction of sp³-hybridized carbons (Fsp3) is 0.655. The van der Waals surface area contributed by atoms with Gasteiger partial charge in [-0.25, -0.2) is 9.59 Å². The van der Waals surface area contributed by atoms with Crippen molar-refractivity contribution in [3.8, 4) is 0 Å². The summed E-state index contributed by atoms with van der Waals surface area (Å²) in [5.74, 6) is -2.36. The van der Waals surface area contributed by atoms with Gasteiger partial charge in [-0.1, -0.05) is 54.1 Å². The van der Waals surface area contributed by atoms with Crippen LogP contribution in [-0.4, -0.2) is 71.5 Å². The second-order valence-electron chi connectivity index (χ2n) is 11.5. The third kappa shape index (κ3) is 4.35. The van der Waals surface area contributed by atoms with Gasteiger partial charge in [0.1, 0.15) is 23.9 Å². The Hall–Kier alpha value is -1.78. The zero-order valence-corrected chi connectivity index (χ0v) is 24.0. The molecule has 0 amide bonds. The van der Waals surface area contributed by atoms with E-state index in [1.54, 1.807) is 13.0 Å². The monoisotopic (exact) mass is 592 g/mol. The van der Waals surface area contributed by atoms with E-state index in [0.29, 0.717) is 12.0 Å². The summed E-state index contributed by atoms with van der Waals surface area (Å²) < 4.78 is 25.2. The average Bonchev–Trinajstić information content (AvgIpc) is 3.38. The van der Waals surface area contributed by atoms with Gasteiger partial charge in [0.05, 0.1) is 12.2 Å². The fourth-order valence-electron chi connectivity index (χ4n) is 7.33. The standard InChI is InChI=1S/C29H37BrO8/c1-13-10-14(2)29-18(12-21(35-5)28(34)36-24(13)16(4)31)7-9-20-22(29)23(32)15(3)25(26(20)38-29)37-27(33)17-6-8-19(30)11-17/h7-11,13,15-16,18,20-26,31-32H,6,12H2,1-5H3/b14-10+/t13-,15-,16-,18-,20-,21+,22+,23-,24+,25-,26-,29+/m1/s1. The smallest absolute Gasteiger partial charge is 0.335 e. The van der Waals surface area contributed by atoms with Crippen molar-refractivity contribution in [2.45, 2.75) is 82.8 Å². The van der Waals surface area contributed by atoms with E-state index in [4.69, 9.17) is 18.9 Å². The van der Waals surface area contributed by atoms with Crippen molar-refractivity contribution in [1.29, 1.82) is 0 Å². The molecule has 3 aliphatic carbocycles. The summed E-state index contributed by atoms with van der Waals surface area (Å²) in [4.78, 5) is 26.2. The van der Waals surface area contributed by atoms with Crippen LogP contribution < -0.4 is 0 Å². The Morgan fingerprint density at radius 2 is 2.03 bits per heavy atom. The van der Waals surface area contributed by atoms with E-state index >= 15 is 0 Å². The first kappa shape index (κ1) is 27.8. The molecule has 1 saturated carbocycles. The van der Waals surface area contributed by atoms with Crippen LogP contribution in [-0.2, 0) is 28.5 Å². The first-order valence-corrected chi connectivity index (χ1v) is 14.2. The van der Waals surface area contributed by atoms with E-state index in [9.17, 15) is 19.8 Å². The van der Waals surface area contributed by atoms with Crippen molar-refractivity contribution in [1.82, 2.24) is 0 Å². The third-order valence-corrected chi connectivity index (χ3v) is 9.76. The van der Waals surface area contributed by atoms with Gasteiger partial charge in [0.25, 0.3) is 0 Å². The molecule has 2 heterocycles. The van der Waals surface area contributed by atoms with Crippen LogP contribution in [0.15, 0.2) is 46.0 Å². The van der Waals surface area contributed by atoms with Crippen molar-refractivity contribution in [2.75, 3.05) is 7.11 Å². The van der Waals surface area contributed by atoms with Gasteiger partial charge < -0.3 is 29.2 Å². The van der Waals surface area contributed by atoms with Gasteiger partial charge in [0, 0.05) is 46.8 Å². The third-order valence-electron chi connectivity index (χ3n) is 9.21. The number of halogens is 1. The van der Waals surface area contributed by atoms with Crippen molar-refractivity contribution in [2.24, 2.45) is 29.6 Å². The van der Waals surface area contributed by atoms with Crippen molar-refractivity contribution in [3.05, 3.63) is 46.0 Å². The largest absolute Gasteiger partial charge is 0.457 e. The molecule has 2 N–H and O–H groups in total. The Morgan fingerprint density at radius 3 is 2.66 bits per heavy atom. The van der Waals surface area contributed by atoms with E-state index in [-0.39, 0.29) is 36.0 Å². The molecule has 4 bridgehead atoms.